The number of likely N-dealkylation sites (N-methyl/N-ethyl adjacent to an activating group) is 1. The van der Waals surface area contributed by atoms with Gasteiger partial charge in [-0.05, 0) is 38.1 Å². The molecule has 3 rings (SSSR count). The number of carbonyl (C=O) groups excluding carboxylic acids is 1. The Morgan fingerprint density at radius 2 is 2.04 bits per heavy atom. The molecule has 24 heavy (non-hydrogen) atoms. The van der Waals surface area contributed by atoms with E-state index in [0.29, 0.717) is 5.75 Å². The summed E-state index contributed by atoms with van der Waals surface area (Å²) >= 11 is 0. The van der Waals surface area contributed by atoms with Gasteiger partial charge in [0.1, 0.15) is 5.69 Å². The van der Waals surface area contributed by atoms with E-state index in [-0.39, 0.29) is 12.5 Å². The zero-order valence-electron chi connectivity index (χ0n) is 14.3. The van der Waals surface area contributed by atoms with Crippen LogP contribution in [0.15, 0.2) is 36.5 Å². The standard InChI is InChI=1S/C18H20N4O2/c1-12-18(13(2)22(4)20-12)24-11-17(23)21(3)16-9-5-8-15-14(16)7-6-10-19-15/h5-10H,11H2,1-4H3. The molecule has 6 heteroatoms. The van der Waals surface area contributed by atoms with E-state index in [2.05, 4.69) is 10.1 Å². The Morgan fingerprint density at radius 1 is 1.25 bits per heavy atom. The lowest BCUT2D eigenvalue weighted by molar-refractivity contribution is -0.120. The third kappa shape index (κ3) is 2.82. The summed E-state index contributed by atoms with van der Waals surface area (Å²) in [6.07, 6.45) is 1.74. The number of hydrogen-bond acceptors (Lipinski definition) is 4. The van der Waals surface area contributed by atoms with Gasteiger partial charge in [0.15, 0.2) is 12.4 Å². The highest BCUT2D eigenvalue weighted by molar-refractivity contribution is 6.02. The monoisotopic (exact) mass is 324 g/mol. The summed E-state index contributed by atoms with van der Waals surface area (Å²) in [6, 6.07) is 9.55. The van der Waals surface area contributed by atoms with Crippen molar-refractivity contribution in [3.8, 4) is 5.75 Å². The van der Waals surface area contributed by atoms with E-state index in [1.165, 1.54) is 0 Å². The van der Waals surface area contributed by atoms with Crippen LogP contribution in [0.3, 0.4) is 0 Å². The molecule has 0 radical (unpaired) electrons. The highest BCUT2D eigenvalue weighted by atomic mass is 16.5. The van der Waals surface area contributed by atoms with Crippen LogP contribution in [0, 0.1) is 13.8 Å². The van der Waals surface area contributed by atoms with Gasteiger partial charge in [-0.2, -0.15) is 5.10 Å². The molecule has 0 N–H and O–H groups in total. The lowest BCUT2D eigenvalue weighted by Crippen LogP contribution is -2.31. The summed E-state index contributed by atoms with van der Waals surface area (Å²) in [5, 5.41) is 5.23. The quantitative estimate of drug-likeness (QED) is 0.740. The van der Waals surface area contributed by atoms with Gasteiger partial charge in [0, 0.05) is 25.7 Å². The van der Waals surface area contributed by atoms with E-state index in [9.17, 15) is 4.79 Å². The van der Waals surface area contributed by atoms with Crippen molar-refractivity contribution in [1.29, 1.82) is 0 Å². The number of aromatic nitrogens is 3. The van der Waals surface area contributed by atoms with Crippen LogP contribution in [0.4, 0.5) is 5.69 Å². The second-order valence-electron chi connectivity index (χ2n) is 5.71. The van der Waals surface area contributed by atoms with Gasteiger partial charge in [-0.1, -0.05) is 6.07 Å². The van der Waals surface area contributed by atoms with Gasteiger partial charge in [0.25, 0.3) is 5.91 Å². The van der Waals surface area contributed by atoms with Gasteiger partial charge in [0.2, 0.25) is 0 Å². The lowest BCUT2D eigenvalue weighted by Gasteiger charge is -2.19. The molecule has 2 aromatic heterocycles. The van der Waals surface area contributed by atoms with Crippen molar-refractivity contribution < 1.29 is 9.53 Å². The number of pyridine rings is 1. The normalized spacial score (nSPS) is 10.8. The number of carbonyl (C=O) groups is 1. The van der Waals surface area contributed by atoms with Crippen LogP contribution in [0.25, 0.3) is 10.9 Å². The molecule has 3 aromatic rings. The first-order valence-electron chi connectivity index (χ1n) is 7.72. The first kappa shape index (κ1) is 16.0. The van der Waals surface area contributed by atoms with E-state index >= 15 is 0 Å². The summed E-state index contributed by atoms with van der Waals surface area (Å²) in [5.74, 6) is 0.535. The highest BCUT2D eigenvalue weighted by Crippen LogP contribution is 2.25. The fourth-order valence-corrected chi connectivity index (χ4v) is 2.71. The number of benzene rings is 1. The Morgan fingerprint density at radius 3 is 2.75 bits per heavy atom. The average Bonchev–Trinajstić information content (AvgIpc) is 2.83. The Balaban J connectivity index is 1.79. The lowest BCUT2D eigenvalue weighted by atomic mass is 10.1. The van der Waals surface area contributed by atoms with Crippen molar-refractivity contribution in [3.63, 3.8) is 0 Å². The minimum atomic E-state index is -0.131. The zero-order valence-corrected chi connectivity index (χ0v) is 14.3. The molecule has 0 unspecified atom stereocenters. The third-order valence-electron chi connectivity index (χ3n) is 4.14. The Kier molecular flexibility index (Phi) is 4.20. The molecule has 0 saturated heterocycles. The van der Waals surface area contributed by atoms with Crippen LogP contribution < -0.4 is 9.64 Å². The van der Waals surface area contributed by atoms with E-state index in [1.54, 1.807) is 22.8 Å². The molecule has 0 aliphatic carbocycles. The Bertz CT molecular complexity index is 896. The summed E-state index contributed by atoms with van der Waals surface area (Å²) in [5.41, 5.74) is 3.35. The largest absolute Gasteiger partial charge is 0.480 e. The predicted octanol–water partition coefficient (Wildman–Crippen LogP) is 2.63. The number of fused-ring (bicyclic) bond motifs is 1. The van der Waals surface area contributed by atoms with E-state index in [4.69, 9.17) is 4.74 Å². The highest BCUT2D eigenvalue weighted by Gasteiger charge is 2.17. The van der Waals surface area contributed by atoms with Crippen LogP contribution in [0.2, 0.25) is 0 Å². The van der Waals surface area contributed by atoms with Crippen molar-refractivity contribution in [1.82, 2.24) is 14.8 Å². The topological polar surface area (TPSA) is 60.3 Å². The van der Waals surface area contributed by atoms with Crippen LogP contribution in [0.1, 0.15) is 11.4 Å². The van der Waals surface area contributed by atoms with Crippen LogP contribution in [0.5, 0.6) is 5.75 Å². The van der Waals surface area contributed by atoms with Crippen molar-refractivity contribution in [2.75, 3.05) is 18.6 Å². The fraction of sp³-hybridized carbons (Fsp3) is 0.278. The molecule has 2 heterocycles. The van der Waals surface area contributed by atoms with Crippen LogP contribution in [-0.2, 0) is 11.8 Å². The molecule has 1 amide bonds. The number of rotatable bonds is 4. The van der Waals surface area contributed by atoms with Gasteiger partial charge in [-0.15, -0.1) is 0 Å². The minimum absolute atomic E-state index is 0.0411. The summed E-state index contributed by atoms with van der Waals surface area (Å²) in [7, 11) is 3.60. The Hall–Kier alpha value is -2.89. The SMILES string of the molecule is Cc1nn(C)c(C)c1OCC(=O)N(C)c1cccc2ncccc12. The third-order valence-corrected chi connectivity index (χ3v) is 4.14. The van der Waals surface area contributed by atoms with Crippen LogP contribution >= 0.6 is 0 Å². The van der Waals surface area contributed by atoms with Gasteiger partial charge >= 0.3 is 0 Å². The maximum Gasteiger partial charge on any atom is 0.264 e. The minimum Gasteiger partial charge on any atom is -0.480 e. The number of ether oxygens (including phenoxy) is 1. The smallest absolute Gasteiger partial charge is 0.264 e. The molecular formula is C18H20N4O2. The summed E-state index contributed by atoms with van der Waals surface area (Å²) in [6.45, 7) is 3.74. The molecule has 6 nitrogen and oxygen atoms in total. The molecule has 1 aromatic carbocycles. The second-order valence-corrected chi connectivity index (χ2v) is 5.71. The molecule has 0 saturated carbocycles. The van der Waals surface area contributed by atoms with Crippen molar-refractivity contribution in [2.45, 2.75) is 13.8 Å². The number of anilines is 1. The van der Waals surface area contributed by atoms with Gasteiger partial charge in [0.05, 0.1) is 16.9 Å². The molecule has 0 spiro atoms. The van der Waals surface area contributed by atoms with Gasteiger partial charge in [-0.25, -0.2) is 0 Å². The number of amides is 1. The second kappa shape index (κ2) is 6.31. The van der Waals surface area contributed by atoms with E-state index in [0.717, 1.165) is 28.0 Å². The molecule has 0 atom stereocenters. The zero-order chi connectivity index (χ0) is 17.3. The molecule has 0 aliphatic heterocycles. The molecular weight excluding hydrogens is 304 g/mol. The van der Waals surface area contributed by atoms with Crippen molar-refractivity contribution in [3.05, 3.63) is 47.9 Å². The van der Waals surface area contributed by atoms with E-state index < -0.39 is 0 Å². The summed E-state index contributed by atoms with van der Waals surface area (Å²) in [4.78, 5) is 18.5. The number of nitrogens with zero attached hydrogens (tertiary/aromatic N) is 4. The predicted molar refractivity (Wildman–Crippen MR) is 93.3 cm³/mol. The van der Waals surface area contributed by atoms with E-state index in [1.807, 2.05) is 51.2 Å². The first-order valence-corrected chi connectivity index (χ1v) is 7.72. The molecule has 0 fully saturated rings. The van der Waals surface area contributed by atoms with Gasteiger partial charge in [-0.3, -0.25) is 14.5 Å². The van der Waals surface area contributed by atoms with Gasteiger partial charge < -0.3 is 9.64 Å². The molecule has 124 valence electrons. The summed E-state index contributed by atoms with van der Waals surface area (Å²) < 4.78 is 7.46. The number of aryl methyl sites for hydroxylation is 2. The maximum absolute atomic E-state index is 12.5. The first-order chi connectivity index (χ1) is 11.5. The molecule has 0 bridgehead atoms. The molecule has 0 aliphatic rings. The van der Waals surface area contributed by atoms with Crippen molar-refractivity contribution >= 4 is 22.5 Å². The van der Waals surface area contributed by atoms with Crippen LogP contribution in [-0.4, -0.2) is 34.3 Å². The fourth-order valence-electron chi connectivity index (χ4n) is 2.71. The Labute approximate surface area is 140 Å². The van der Waals surface area contributed by atoms with Crippen molar-refractivity contribution in [2.24, 2.45) is 7.05 Å². The number of hydrogen-bond donors (Lipinski definition) is 0. The maximum atomic E-state index is 12.5. The average molecular weight is 324 g/mol.